The summed E-state index contributed by atoms with van der Waals surface area (Å²) in [6, 6.07) is 14.4. The van der Waals surface area contributed by atoms with E-state index in [0.717, 1.165) is 24.0 Å². The minimum atomic E-state index is 0.126. The van der Waals surface area contributed by atoms with Gasteiger partial charge in [-0.15, -0.1) is 0 Å². The van der Waals surface area contributed by atoms with E-state index in [9.17, 15) is 0 Å². The van der Waals surface area contributed by atoms with Crippen molar-refractivity contribution < 1.29 is 0 Å². The number of aryl methyl sites for hydroxylation is 2. The fraction of sp³-hybridized carbons (Fsp3) is 0.235. The number of rotatable bonds is 4. The van der Waals surface area contributed by atoms with Crippen LogP contribution >= 0.6 is 0 Å². The lowest BCUT2D eigenvalue weighted by molar-refractivity contribution is 0.923. The predicted molar refractivity (Wildman–Crippen MR) is 81.6 cm³/mol. The Hall–Kier alpha value is -2.09. The highest BCUT2D eigenvalue weighted by Crippen LogP contribution is 2.28. The molecule has 0 saturated heterocycles. The zero-order valence-electron chi connectivity index (χ0n) is 11.5. The van der Waals surface area contributed by atoms with Crippen LogP contribution in [0, 0.1) is 12.3 Å². The van der Waals surface area contributed by atoms with E-state index in [1.807, 2.05) is 18.2 Å². The van der Waals surface area contributed by atoms with Crippen LogP contribution in [0.3, 0.4) is 0 Å². The fourth-order valence-electron chi connectivity index (χ4n) is 2.39. The molecule has 0 aliphatic carbocycles. The molecule has 0 aromatic heterocycles. The second-order valence-electron chi connectivity index (χ2n) is 4.87. The summed E-state index contributed by atoms with van der Waals surface area (Å²) in [7, 11) is 0. The van der Waals surface area contributed by atoms with Crippen LogP contribution in [0.15, 0.2) is 42.5 Å². The molecule has 2 nitrogen and oxygen atoms in total. The molecule has 2 rings (SSSR count). The van der Waals surface area contributed by atoms with Gasteiger partial charge in [-0.25, -0.2) is 0 Å². The third kappa shape index (κ3) is 2.84. The highest BCUT2D eigenvalue weighted by atomic mass is 14.7. The largest absolute Gasteiger partial charge is 0.384 e. The minimum Gasteiger partial charge on any atom is -0.384 e. The maximum Gasteiger partial charge on any atom is 0.123 e. The van der Waals surface area contributed by atoms with E-state index in [4.69, 9.17) is 11.1 Å². The number of benzene rings is 2. The van der Waals surface area contributed by atoms with Gasteiger partial charge in [0.2, 0.25) is 0 Å². The van der Waals surface area contributed by atoms with Crippen molar-refractivity contribution >= 4 is 5.84 Å². The van der Waals surface area contributed by atoms with Crippen molar-refractivity contribution in [3.8, 4) is 11.1 Å². The summed E-state index contributed by atoms with van der Waals surface area (Å²) in [5.74, 6) is 0.126. The van der Waals surface area contributed by atoms with Crippen LogP contribution in [0.25, 0.3) is 11.1 Å². The van der Waals surface area contributed by atoms with E-state index >= 15 is 0 Å². The fourth-order valence-corrected chi connectivity index (χ4v) is 2.39. The van der Waals surface area contributed by atoms with Gasteiger partial charge in [0.25, 0.3) is 0 Å². The van der Waals surface area contributed by atoms with Gasteiger partial charge in [0.15, 0.2) is 0 Å². The van der Waals surface area contributed by atoms with Crippen LogP contribution < -0.4 is 5.73 Å². The Balaban J connectivity index is 2.64. The molecule has 0 saturated carbocycles. The van der Waals surface area contributed by atoms with Crippen LogP contribution in [-0.4, -0.2) is 5.84 Å². The van der Waals surface area contributed by atoms with E-state index in [2.05, 4.69) is 38.1 Å². The van der Waals surface area contributed by atoms with E-state index in [1.165, 1.54) is 16.7 Å². The van der Waals surface area contributed by atoms with Gasteiger partial charge in [0, 0.05) is 5.56 Å². The van der Waals surface area contributed by atoms with Gasteiger partial charge in [-0.2, -0.15) is 0 Å². The molecule has 0 unspecified atom stereocenters. The number of hydrogen-bond donors (Lipinski definition) is 2. The molecule has 0 atom stereocenters. The Morgan fingerprint density at radius 3 is 2.53 bits per heavy atom. The maximum atomic E-state index is 7.75. The number of nitrogens with one attached hydrogen (secondary N) is 1. The summed E-state index contributed by atoms with van der Waals surface area (Å²) < 4.78 is 0. The van der Waals surface area contributed by atoms with Crippen LogP contribution in [0.4, 0.5) is 0 Å². The summed E-state index contributed by atoms with van der Waals surface area (Å²) in [5, 5.41) is 7.75. The van der Waals surface area contributed by atoms with Crippen molar-refractivity contribution in [2.24, 2.45) is 5.73 Å². The van der Waals surface area contributed by atoms with Crippen molar-refractivity contribution in [1.29, 1.82) is 5.41 Å². The van der Waals surface area contributed by atoms with E-state index in [0.29, 0.717) is 0 Å². The molecule has 0 spiro atoms. The Labute approximate surface area is 114 Å². The summed E-state index contributed by atoms with van der Waals surface area (Å²) >= 11 is 0. The molecule has 2 aromatic carbocycles. The topological polar surface area (TPSA) is 49.9 Å². The van der Waals surface area contributed by atoms with E-state index in [1.54, 1.807) is 0 Å². The molecule has 2 heteroatoms. The summed E-state index contributed by atoms with van der Waals surface area (Å²) in [6.07, 6.45) is 2.15. The van der Waals surface area contributed by atoms with Crippen LogP contribution in [0.2, 0.25) is 0 Å². The normalized spacial score (nSPS) is 10.4. The van der Waals surface area contributed by atoms with Crippen molar-refractivity contribution in [2.45, 2.75) is 26.7 Å². The van der Waals surface area contributed by atoms with Gasteiger partial charge in [-0.3, -0.25) is 5.41 Å². The molecule has 0 bridgehead atoms. The first-order valence-electron chi connectivity index (χ1n) is 6.66. The highest BCUT2D eigenvalue weighted by molar-refractivity contribution is 6.02. The summed E-state index contributed by atoms with van der Waals surface area (Å²) in [5.41, 5.74) is 11.3. The van der Waals surface area contributed by atoms with Gasteiger partial charge in [-0.1, -0.05) is 61.4 Å². The molecule has 3 N–H and O–H groups in total. The molecule has 98 valence electrons. The van der Waals surface area contributed by atoms with Crippen molar-refractivity contribution in [1.82, 2.24) is 0 Å². The molecule has 0 amide bonds. The molecule has 2 aromatic rings. The van der Waals surface area contributed by atoms with Gasteiger partial charge in [0.05, 0.1) is 0 Å². The smallest absolute Gasteiger partial charge is 0.123 e. The standard InChI is InChI=1S/C17H20N2/c1-3-6-13-7-4-5-8-14(13)16-11-12(2)9-10-15(16)17(18)19/h4-5,7-11H,3,6H2,1-2H3,(H3,18,19). The molecule has 0 heterocycles. The molecular formula is C17H20N2. The van der Waals surface area contributed by atoms with Crippen LogP contribution in [-0.2, 0) is 6.42 Å². The third-order valence-electron chi connectivity index (χ3n) is 3.29. The summed E-state index contributed by atoms with van der Waals surface area (Å²) in [4.78, 5) is 0. The lowest BCUT2D eigenvalue weighted by atomic mass is 9.92. The highest BCUT2D eigenvalue weighted by Gasteiger charge is 2.11. The Bertz CT molecular complexity index is 600. The van der Waals surface area contributed by atoms with Crippen molar-refractivity contribution in [3.63, 3.8) is 0 Å². The quantitative estimate of drug-likeness (QED) is 0.629. The van der Waals surface area contributed by atoms with Crippen molar-refractivity contribution in [2.75, 3.05) is 0 Å². The first-order chi connectivity index (χ1) is 9.13. The van der Waals surface area contributed by atoms with Gasteiger partial charge in [0.1, 0.15) is 5.84 Å². The molecule has 19 heavy (non-hydrogen) atoms. The molecule has 0 radical (unpaired) electrons. The van der Waals surface area contributed by atoms with E-state index in [-0.39, 0.29) is 5.84 Å². The zero-order valence-corrected chi connectivity index (χ0v) is 11.5. The zero-order chi connectivity index (χ0) is 13.8. The first-order valence-corrected chi connectivity index (χ1v) is 6.66. The van der Waals surface area contributed by atoms with Crippen LogP contribution in [0.5, 0.6) is 0 Å². The first kappa shape index (κ1) is 13.3. The number of hydrogen-bond acceptors (Lipinski definition) is 1. The lowest BCUT2D eigenvalue weighted by Crippen LogP contribution is -2.13. The minimum absolute atomic E-state index is 0.126. The molecule has 0 aliphatic rings. The van der Waals surface area contributed by atoms with Crippen LogP contribution in [0.1, 0.15) is 30.0 Å². The SMILES string of the molecule is CCCc1ccccc1-c1cc(C)ccc1C(=N)N. The number of nitrogens with two attached hydrogens (primary N) is 1. The Morgan fingerprint density at radius 2 is 1.84 bits per heavy atom. The van der Waals surface area contributed by atoms with Gasteiger partial charge in [-0.05, 0) is 30.0 Å². The Morgan fingerprint density at radius 1 is 1.11 bits per heavy atom. The number of amidine groups is 1. The average molecular weight is 252 g/mol. The van der Waals surface area contributed by atoms with Crippen molar-refractivity contribution in [3.05, 3.63) is 59.2 Å². The Kier molecular flexibility index (Phi) is 4.00. The third-order valence-corrected chi connectivity index (χ3v) is 3.29. The lowest BCUT2D eigenvalue weighted by Gasteiger charge is -2.13. The maximum absolute atomic E-state index is 7.75. The monoisotopic (exact) mass is 252 g/mol. The predicted octanol–water partition coefficient (Wildman–Crippen LogP) is 3.90. The van der Waals surface area contributed by atoms with Gasteiger partial charge < -0.3 is 5.73 Å². The molecule has 0 aliphatic heterocycles. The number of nitrogen functional groups attached to an aromatic ring is 1. The molecular weight excluding hydrogens is 232 g/mol. The second-order valence-corrected chi connectivity index (χ2v) is 4.87. The van der Waals surface area contributed by atoms with E-state index < -0.39 is 0 Å². The van der Waals surface area contributed by atoms with Gasteiger partial charge >= 0.3 is 0 Å². The average Bonchev–Trinajstić information content (AvgIpc) is 2.39. The molecule has 0 fully saturated rings. The second kappa shape index (κ2) is 5.70. The summed E-state index contributed by atoms with van der Waals surface area (Å²) in [6.45, 7) is 4.24.